The Hall–Kier alpha value is -2.55. The summed E-state index contributed by atoms with van der Waals surface area (Å²) in [5.41, 5.74) is 6.49. The molecule has 0 saturated carbocycles. The number of carbonyl (C=O) groups is 1. The van der Waals surface area contributed by atoms with E-state index in [9.17, 15) is 4.79 Å². The molecule has 0 N–H and O–H groups in total. The molecule has 0 radical (unpaired) electrons. The van der Waals surface area contributed by atoms with Crippen LogP contribution in [-0.2, 0) is 26.8 Å². The molecule has 29 heavy (non-hydrogen) atoms. The first kappa shape index (κ1) is 19.8. The fourth-order valence-electron chi connectivity index (χ4n) is 4.76. The van der Waals surface area contributed by atoms with Gasteiger partial charge in [-0.15, -0.1) is 0 Å². The van der Waals surface area contributed by atoms with E-state index in [2.05, 4.69) is 45.0 Å². The van der Waals surface area contributed by atoms with E-state index >= 15 is 0 Å². The van der Waals surface area contributed by atoms with E-state index in [4.69, 9.17) is 9.47 Å². The second kappa shape index (κ2) is 7.37. The number of fused-ring (bicyclic) bond motifs is 2. The van der Waals surface area contributed by atoms with Crippen molar-refractivity contribution >= 4 is 12.0 Å². The zero-order valence-corrected chi connectivity index (χ0v) is 17.9. The summed E-state index contributed by atoms with van der Waals surface area (Å²) in [7, 11) is 0. The normalized spacial score (nSPS) is 22.1. The maximum atomic E-state index is 11.7. The van der Waals surface area contributed by atoms with Crippen LogP contribution in [0.4, 0.5) is 0 Å². The molecular weight excluding hydrogens is 360 g/mol. The Morgan fingerprint density at radius 2 is 1.97 bits per heavy atom. The van der Waals surface area contributed by atoms with Crippen LogP contribution in [0.15, 0.2) is 42.5 Å². The second-order valence-corrected chi connectivity index (χ2v) is 9.07. The second-order valence-electron chi connectivity index (χ2n) is 9.07. The van der Waals surface area contributed by atoms with E-state index in [0.29, 0.717) is 13.2 Å². The summed E-state index contributed by atoms with van der Waals surface area (Å²) in [5.74, 6) is 0.614. The lowest BCUT2D eigenvalue weighted by Crippen LogP contribution is -2.28. The Morgan fingerprint density at radius 3 is 2.76 bits per heavy atom. The Kier molecular flexibility index (Phi) is 5.02. The molecule has 3 heteroatoms. The van der Waals surface area contributed by atoms with Gasteiger partial charge in [-0.25, -0.2) is 4.79 Å². The van der Waals surface area contributed by atoms with Gasteiger partial charge in [0.15, 0.2) is 0 Å². The van der Waals surface area contributed by atoms with Crippen molar-refractivity contribution in [2.45, 2.75) is 57.8 Å². The first-order chi connectivity index (χ1) is 13.8. The summed E-state index contributed by atoms with van der Waals surface area (Å²) in [6.07, 6.45) is 6.94. The van der Waals surface area contributed by atoms with Gasteiger partial charge in [0.25, 0.3) is 0 Å². The summed E-state index contributed by atoms with van der Waals surface area (Å²) >= 11 is 0. The minimum absolute atomic E-state index is 0.195. The van der Waals surface area contributed by atoms with Gasteiger partial charge in [-0.1, -0.05) is 38.1 Å². The number of hydrogen-bond acceptors (Lipinski definition) is 3. The highest BCUT2D eigenvalue weighted by Gasteiger charge is 2.39. The Balaban J connectivity index is 1.69. The van der Waals surface area contributed by atoms with Crippen molar-refractivity contribution in [1.82, 2.24) is 0 Å². The van der Waals surface area contributed by atoms with Crippen LogP contribution in [0.1, 0.15) is 68.4 Å². The van der Waals surface area contributed by atoms with Gasteiger partial charge in [0, 0.05) is 11.6 Å². The van der Waals surface area contributed by atoms with Gasteiger partial charge in [0.2, 0.25) is 0 Å². The van der Waals surface area contributed by atoms with Crippen molar-refractivity contribution in [1.29, 1.82) is 0 Å². The minimum Gasteiger partial charge on any atom is -0.492 e. The topological polar surface area (TPSA) is 35.5 Å². The molecule has 0 spiro atoms. The standard InChI is InChI=1S/C26H30O3/c1-5-28-24(27)13-9-18-8-12-23-22(15-18)26(4,17-29-23)20-10-11-21-19(16-20)7-6-14-25(21,2)3/h8-13,15-16H,5-7,14,17H2,1-4H3. The third kappa shape index (κ3) is 3.59. The van der Waals surface area contributed by atoms with Crippen LogP contribution in [0.25, 0.3) is 6.08 Å². The molecular formula is C26H30O3. The van der Waals surface area contributed by atoms with Crippen LogP contribution in [0.3, 0.4) is 0 Å². The van der Waals surface area contributed by atoms with Gasteiger partial charge in [-0.2, -0.15) is 0 Å². The maximum Gasteiger partial charge on any atom is 0.330 e. The van der Waals surface area contributed by atoms with E-state index in [1.807, 2.05) is 25.1 Å². The third-order valence-electron chi connectivity index (χ3n) is 6.53. The maximum absolute atomic E-state index is 11.7. The zero-order chi connectivity index (χ0) is 20.6. The van der Waals surface area contributed by atoms with Crippen molar-refractivity contribution < 1.29 is 14.3 Å². The number of carbonyl (C=O) groups excluding carboxylic acids is 1. The highest BCUT2D eigenvalue weighted by Crippen LogP contribution is 2.46. The number of rotatable bonds is 4. The molecule has 1 aliphatic carbocycles. The quantitative estimate of drug-likeness (QED) is 0.505. The molecule has 0 saturated heterocycles. The van der Waals surface area contributed by atoms with E-state index in [0.717, 1.165) is 17.7 Å². The molecule has 2 aromatic rings. The molecule has 2 aromatic carbocycles. The molecule has 3 nitrogen and oxygen atoms in total. The summed E-state index contributed by atoms with van der Waals surface area (Å²) in [6, 6.07) is 13.1. The monoisotopic (exact) mass is 390 g/mol. The minimum atomic E-state index is -0.315. The fourth-order valence-corrected chi connectivity index (χ4v) is 4.76. The van der Waals surface area contributed by atoms with Crippen molar-refractivity contribution in [3.8, 4) is 5.75 Å². The van der Waals surface area contributed by atoms with Crippen molar-refractivity contribution in [2.24, 2.45) is 0 Å². The lowest BCUT2D eigenvalue weighted by Gasteiger charge is -2.34. The highest BCUT2D eigenvalue weighted by molar-refractivity contribution is 5.87. The van der Waals surface area contributed by atoms with Gasteiger partial charge in [0.05, 0.1) is 12.0 Å². The Morgan fingerprint density at radius 1 is 1.14 bits per heavy atom. The van der Waals surface area contributed by atoms with E-state index in [-0.39, 0.29) is 16.8 Å². The SMILES string of the molecule is CCOC(=O)C=Cc1ccc2c(c1)C(C)(c1ccc3c(c1)CCCC3(C)C)CO2. The lowest BCUT2D eigenvalue weighted by atomic mass is 9.70. The number of aryl methyl sites for hydroxylation is 1. The van der Waals surface area contributed by atoms with Crippen LogP contribution in [0, 0.1) is 0 Å². The molecule has 1 heterocycles. The molecule has 0 amide bonds. The Bertz CT molecular complexity index is 970. The summed E-state index contributed by atoms with van der Waals surface area (Å²) < 4.78 is 11.0. The molecule has 4 rings (SSSR count). The van der Waals surface area contributed by atoms with Crippen LogP contribution >= 0.6 is 0 Å². The van der Waals surface area contributed by atoms with Gasteiger partial charge < -0.3 is 9.47 Å². The number of esters is 1. The predicted molar refractivity (Wildman–Crippen MR) is 116 cm³/mol. The first-order valence-corrected chi connectivity index (χ1v) is 10.6. The van der Waals surface area contributed by atoms with E-state index in [1.165, 1.54) is 41.2 Å². The highest BCUT2D eigenvalue weighted by atomic mass is 16.5. The predicted octanol–water partition coefficient (Wildman–Crippen LogP) is 5.58. The molecule has 2 aliphatic rings. The van der Waals surface area contributed by atoms with Crippen molar-refractivity contribution in [2.75, 3.05) is 13.2 Å². The molecule has 0 aromatic heterocycles. The Labute approximate surface area is 173 Å². The molecule has 1 atom stereocenters. The zero-order valence-electron chi connectivity index (χ0n) is 17.9. The van der Waals surface area contributed by atoms with Crippen LogP contribution in [0.5, 0.6) is 5.75 Å². The van der Waals surface area contributed by atoms with Crippen LogP contribution in [0.2, 0.25) is 0 Å². The summed E-state index contributed by atoms with van der Waals surface area (Å²) in [5, 5.41) is 0. The number of benzene rings is 2. The van der Waals surface area contributed by atoms with Gasteiger partial charge in [0.1, 0.15) is 12.4 Å². The van der Waals surface area contributed by atoms with E-state index < -0.39 is 0 Å². The van der Waals surface area contributed by atoms with Gasteiger partial charge in [-0.3, -0.25) is 0 Å². The van der Waals surface area contributed by atoms with Gasteiger partial charge >= 0.3 is 5.97 Å². The molecule has 0 fully saturated rings. The number of hydrogen-bond donors (Lipinski definition) is 0. The average molecular weight is 391 g/mol. The summed E-state index contributed by atoms with van der Waals surface area (Å²) in [4.78, 5) is 11.7. The van der Waals surface area contributed by atoms with Gasteiger partial charge in [-0.05, 0) is 79.0 Å². The average Bonchev–Trinajstić information content (AvgIpc) is 3.04. The van der Waals surface area contributed by atoms with E-state index in [1.54, 1.807) is 0 Å². The first-order valence-electron chi connectivity index (χ1n) is 10.6. The summed E-state index contributed by atoms with van der Waals surface area (Å²) in [6.45, 7) is 9.78. The van der Waals surface area contributed by atoms with Crippen molar-refractivity contribution in [3.05, 3.63) is 70.3 Å². The smallest absolute Gasteiger partial charge is 0.330 e. The fraction of sp³-hybridized carbons (Fsp3) is 0.423. The van der Waals surface area contributed by atoms with Crippen LogP contribution in [-0.4, -0.2) is 19.2 Å². The van der Waals surface area contributed by atoms with Crippen LogP contribution < -0.4 is 4.74 Å². The lowest BCUT2D eigenvalue weighted by molar-refractivity contribution is -0.137. The largest absolute Gasteiger partial charge is 0.492 e. The van der Waals surface area contributed by atoms with Crippen molar-refractivity contribution in [3.63, 3.8) is 0 Å². The molecule has 0 bridgehead atoms. The molecule has 1 unspecified atom stereocenters. The molecule has 152 valence electrons. The third-order valence-corrected chi connectivity index (χ3v) is 6.53. The number of ether oxygens (including phenoxy) is 2. The molecule has 1 aliphatic heterocycles.